The number of halogens is 6. The summed E-state index contributed by atoms with van der Waals surface area (Å²) in [6, 6.07) is 11.5. The molecule has 0 aliphatic heterocycles. The van der Waals surface area contributed by atoms with Crippen LogP contribution >= 0.6 is 0 Å². The van der Waals surface area contributed by atoms with Crippen molar-refractivity contribution in [3.8, 4) is 34.0 Å². The van der Waals surface area contributed by atoms with Gasteiger partial charge in [0, 0.05) is 11.1 Å². The van der Waals surface area contributed by atoms with E-state index < -0.39 is 23.7 Å². The highest BCUT2D eigenvalue weighted by Crippen LogP contribution is 2.36. The molecule has 2 aromatic heterocycles. The van der Waals surface area contributed by atoms with E-state index in [1.807, 2.05) is 10.2 Å². The minimum atomic E-state index is -4.55. The monoisotopic (exact) mass is 466 g/mol. The van der Waals surface area contributed by atoms with Crippen LogP contribution in [0.2, 0.25) is 0 Å². The molecule has 0 unspecified atom stereocenters. The van der Waals surface area contributed by atoms with E-state index in [0.717, 1.165) is 12.1 Å². The Morgan fingerprint density at radius 3 is 1.36 bits per heavy atom. The van der Waals surface area contributed by atoms with Crippen LogP contribution in [-0.4, -0.2) is 20.4 Å². The lowest BCUT2D eigenvalue weighted by atomic mass is 10.0. The molecule has 0 fully saturated rings. The number of benzene rings is 2. The average molecular weight is 466 g/mol. The smallest absolute Gasteiger partial charge is 0.432 e. The van der Waals surface area contributed by atoms with Crippen molar-refractivity contribution in [2.24, 2.45) is 0 Å². The number of ether oxygens (including phenoxy) is 1. The highest BCUT2D eigenvalue weighted by molar-refractivity contribution is 5.67. The minimum absolute atomic E-state index is 0.103. The number of alkyl halides is 6. The Kier molecular flexibility index (Phi) is 5.43. The molecule has 2 N–H and O–H groups in total. The van der Waals surface area contributed by atoms with Gasteiger partial charge in [0.1, 0.15) is 22.9 Å². The summed E-state index contributed by atoms with van der Waals surface area (Å²) in [5.74, 6) is 0.639. The SMILES string of the molecule is Cc1ccc(Oc2ccc(C)c(-c3cc(C(F)(F)F)[nH]n3)c2)cc1-c1cc(C(F)(F)F)[nH]n1. The first-order valence-corrected chi connectivity index (χ1v) is 9.57. The average Bonchev–Trinajstić information content (AvgIpc) is 3.40. The number of aromatic amines is 2. The quantitative estimate of drug-likeness (QED) is 0.321. The molecule has 0 atom stereocenters. The topological polar surface area (TPSA) is 66.6 Å². The van der Waals surface area contributed by atoms with Crippen LogP contribution < -0.4 is 4.74 Å². The van der Waals surface area contributed by atoms with Crippen LogP contribution in [-0.2, 0) is 12.4 Å². The van der Waals surface area contributed by atoms with E-state index >= 15 is 0 Å². The lowest BCUT2D eigenvalue weighted by Crippen LogP contribution is -2.04. The van der Waals surface area contributed by atoms with Gasteiger partial charge in [0.15, 0.2) is 0 Å². The first kappa shape index (κ1) is 22.4. The number of aryl methyl sites for hydroxylation is 2. The zero-order valence-corrected chi connectivity index (χ0v) is 17.2. The summed E-state index contributed by atoms with van der Waals surface area (Å²) in [5, 5.41) is 11.4. The molecule has 11 heteroatoms. The maximum absolute atomic E-state index is 12.9. The second-order valence-corrected chi connectivity index (χ2v) is 7.38. The van der Waals surface area contributed by atoms with Crippen molar-refractivity contribution in [1.82, 2.24) is 20.4 Å². The van der Waals surface area contributed by atoms with Gasteiger partial charge in [-0.2, -0.15) is 36.5 Å². The number of nitrogens with one attached hydrogen (secondary N) is 2. The highest BCUT2D eigenvalue weighted by atomic mass is 19.4. The number of nitrogens with zero attached hydrogens (tertiary/aromatic N) is 2. The molecule has 0 amide bonds. The van der Waals surface area contributed by atoms with Crippen molar-refractivity contribution in [2.45, 2.75) is 26.2 Å². The predicted molar refractivity (Wildman–Crippen MR) is 108 cm³/mol. The highest BCUT2D eigenvalue weighted by Gasteiger charge is 2.34. The van der Waals surface area contributed by atoms with Gasteiger partial charge in [-0.05, 0) is 61.4 Å². The van der Waals surface area contributed by atoms with E-state index in [-0.39, 0.29) is 11.4 Å². The molecule has 0 aliphatic carbocycles. The van der Waals surface area contributed by atoms with Crippen LogP contribution in [0, 0.1) is 13.8 Å². The largest absolute Gasteiger partial charge is 0.457 e. The van der Waals surface area contributed by atoms with Crippen molar-refractivity contribution in [3.63, 3.8) is 0 Å². The van der Waals surface area contributed by atoms with Gasteiger partial charge in [0.05, 0.1) is 11.4 Å². The Morgan fingerprint density at radius 2 is 1.03 bits per heavy atom. The molecule has 2 aromatic carbocycles. The number of H-pyrrole nitrogens is 2. The Bertz CT molecular complexity index is 1200. The molecule has 0 radical (unpaired) electrons. The third-order valence-corrected chi connectivity index (χ3v) is 4.97. The molecule has 0 saturated carbocycles. The second-order valence-electron chi connectivity index (χ2n) is 7.38. The minimum Gasteiger partial charge on any atom is -0.457 e. The zero-order chi connectivity index (χ0) is 24.0. The van der Waals surface area contributed by atoms with Gasteiger partial charge in [-0.15, -0.1) is 0 Å². The fraction of sp³-hybridized carbons (Fsp3) is 0.182. The summed E-state index contributed by atoms with van der Waals surface area (Å²) >= 11 is 0. The van der Waals surface area contributed by atoms with E-state index in [4.69, 9.17) is 4.74 Å². The molecule has 0 aliphatic rings. The predicted octanol–water partition coefficient (Wildman–Crippen LogP) is 6.91. The van der Waals surface area contributed by atoms with Crippen molar-refractivity contribution < 1.29 is 31.1 Å². The molecule has 2 heterocycles. The van der Waals surface area contributed by atoms with Gasteiger partial charge >= 0.3 is 12.4 Å². The van der Waals surface area contributed by atoms with Gasteiger partial charge in [-0.3, -0.25) is 10.2 Å². The van der Waals surface area contributed by atoms with Gasteiger partial charge in [0.25, 0.3) is 0 Å². The number of aromatic nitrogens is 4. The Morgan fingerprint density at radius 1 is 0.636 bits per heavy atom. The first-order valence-electron chi connectivity index (χ1n) is 9.57. The molecule has 0 bridgehead atoms. The summed E-state index contributed by atoms with van der Waals surface area (Å²) in [4.78, 5) is 0. The summed E-state index contributed by atoms with van der Waals surface area (Å²) in [6.07, 6.45) is -9.10. The maximum Gasteiger partial charge on any atom is 0.432 e. The second kappa shape index (κ2) is 7.98. The fourth-order valence-corrected chi connectivity index (χ4v) is 3.23. The number of hydrogen-bond donors (Lipinski definition) is 2. The molecular formula is C22H16F6N4O. The molecule has 5 nitrogen and oxygen atoms in total. The fourth-order valence-electron chi connectivity index (χ4n) is 3.23. The normalized spacial score (nSPS) is 12.2. The maximum atomic E-state index is 12.9. The first-order chi connectivity index (χ1) is 15.4. The van der Waals surface area contributed by atoms with Crippen molar-refractivity contribution in [3.05, 3.63) is 71.0 Å². The van der Waals surface area contributed by atoms with Gasteiger partial charge in [-0.1, -0.05) is 12.1 Å². The summed E-state index contributed by atoms with van der Waals surface area (Å²) in [7, 11) is 0. The van der Waals surface area contributed by atoms with Gasteiger partial charge in [0.2, 0.25) is 0 Å². The van der Waals surface area contributed by atoms with Crippen molar-refractivity contribution in [2.75, 3.05) is 0 Å². The van der Waals surface area contributed by atoms with Gasteiger partial charge < -0.3 is 4.74 Å². The van der Waals surface area contributed by atoms with Crippen molar-refractivity contribution >= 4 is 0 Å². The Hall–Kier alpha value is -3.76. The molecule has 172 valence electrons. The van der Waals surface area contributed by atoms with Gasteiger partial charge in [-0.25, -0.2) is 0 Å². The molecule has 33 heavy (non-hydrogen) atoms. The van der Waals surface area contributed by atoms with Crippen molar-refractivity contribution in [1.29, 1.82) is 0 Å². The summed E-state index contributed by atoms with van der Waals surface area (Å²) < 4.78 is 83.2. The molecular weight excluding hydrogens is 450 g/mol. The van der Waals surface area contributed by atoms with Crippen LogP contribution in [0.5, 0.6) is 11.5 Å². The standard InChI is InChI=1S/C22H16F6N4O/c1-11-3-5-13(7-15(11)17-9-19(31-29-17)21(23,24)25)33-14-6-4-12(2)16(8-14)18-10-20(32-30-18)22(26,27)28/h3-10H,1-2H3,(H,29,31)(H,30,32). The Balaban J connectivity index is 1.64. The van der Waals surface area contributed by atoms with E-state index in [1.54, 1.807) is 50.2 Å². The van der Waals surface area contributed by atoms with E-state index in [0.29, 0.717) is 33.8 Å². The molecule has 4 aromatic rings. The van der Waals surface area contributed by atoms with E-state index in [9.17, 15) is 26.3 Å². The number of hydrogen-bond acceptors (Lipinski definition) is 3. The van der Waals surface area contributed by atoms with Crippen LogP contribution in [0.25, 0.3) is 22.5 Å². The van der Waals surface area contributed by atoms with Crippen LogP contribution in [0.4, 0.5) is 26.3 Å². The Labute approximate surface area is 183 Å². The van der Waals surface area contributed by atoms with E-state index in [1.165, 1.54) is 0 Å². The summed E-state index contributed by atoms with van der Waals surface area (Å²) in [6.45, 7) is 3.45. The third-order valence-electron chi connectivity index (χ3n) is 4.97. The molecule has 4 rings (SSSR count). The van der Waals surface area contributed by atoms with Crippen LogP contribution in [0.1, 0.15) is 22.5 Å². The van der Waals surface area contributed by atoms with Crippen LogP contribution in [0.3, 0.4) is 0 Å². The van der Waals surface area contributed by atoms with E-state index in [2.05, 4.69) is 10.2 Å². The summed E-state index contributed by atoms with van der Waals surface area (Å²) in [5.41, 5.74) is 0.513. The lowest BCUT2D eigenvalue weighted by Gasteiger charge is -2.11. The van der Waals surface area contributed by atoms with Crippen LogP contribution in [0.15, 0.2) is 48.5 Å². The zero-order valence-electron chi connectivity index (χ0n) is 17.2. The molecule has 0 saturated heterocycles. The lowest BCUT2D eigenvalue weighted by molar-refractivity contribution is -0.142. The third kappa shape index (κ3) is 4.71. The molecule has 0 spiro atoms. The number of rotatable bonds is 4.